The highest BCUT2D eigenvalue weighted by Crippen LogP contribution is 2.03. The first-order valence-electron chi connectivity index (χ1n) is 5.25. The molecule has 15 heavy (non-hydrogen) atoms. The third-order valence-corrected chi connectivity index (χ3v) is 2.68. The minimum Gasteiger partial charge on any atom is -0.347 e. The summed E-state index contributed by atoms with van der Waals surface area (Å²) in [7, 11) is 1.82. The van der Waals surface area contributed by atoms with E-state index in [1.807, 2.05) is 7.05 Å². The Labute approximate surface area is 88.9 Å². The third kappa shape index (κ3) is 2.36. The van der Waals surface area contributed by atoms with Crippen molar-refractivity contribution < 1.29 is 4.79 Å². The Kier molecular flexibility index (Phi) is 3.01. The minimum absolute atomic E-state index is 0.0382. The summed E-state index contributed by atoms with van der Waals surface area (Å²) in [6.07, 6.45) is 5.40. The Morgan fingerprint density at radius 3 is 3.20 bits per heavy atom. The lowest BCUT2D eigenvalue weighted by Crippen LogP contribution is -2.45. The SMILES string of the molecule is Cn1cncc1C(=O)N[C@@H]1CCCNC1. The van der Waals surface area contributed by atoms with Crippen LogP contribution < -0.4 is 10.6 Å². The largest absolute Gasteiger partial charge is 0.347 e. The maximum Gasteiger partial charge on any atom is 0.269 e. The molecule has 82 valence electrons. The number of rotatable bonds is 2. The lowest BCUT2D eigenvalue weighted by atomic mass is 10.1. The number of carbonyl (C=O) groups is 1. The fraction of sp³-hybridized carbons (Fsp3) is 0.600. The molecule has 2 N–H and O–H groups in total. The van der Waals surface area contributed by atoms with E-state index in [4.69, 9.17) is 0 Å². The first-order chi connectivity index (χ1) is 7.27. The van der Waals surface area contributed by atoms with Gasteiger partial charge in [-0.15, -0.1) is 0 Å². The molecule has 1 atom stereocenters. The van der Waals surface area contributed by atoms with Gasteiger partial charge in [-0.1, -0.05) is 0 Å². The van der Waals surface area contributed by atoms with Crippen LogP contribution >= 0.6 is 0 Å². The van der Waals surface area contributed by atoms with Crippen LogP contribution in [0.15, 0.2) is 12.5 Å². The summed E-state index contributed by atoms with van der Waals surface area (Å²) in [6, 6.07) is 0.251. The predicted octanol–water partition coefficient (Wildman–Crippen LogP) is -0.0981. The van der Waals surface area contributed by atoms with Gasteiger partial charge < -0.3 is 15.2 Å². The van der Waals surface area contributed by atoms with Gasteiger partial charge in [0, 0.05) is 19.6 Å². The summed E-state index contributed by atoms with van der Waals surface area (Å²) in [5.41, 5.74) is 0.612. The number of nitrogens with one attached hydrogen (secondary N) is 2. The van der Waals surface area contributed by atoms with Gasteiger partial charge in [0.2, 0.25) is 0 Å². The van der Waals surface area contributed by atoms with Gasteiger partial charge >= 0.3 is 0 Å². The lowest BCUT2D eigenvalue weighted by Gasteiger charge is -2.23. The molecule has 1 aliphatic heterocycles. The van der Waals surface area contributed by atoms with Crippen molar-refractivity contribution in [2.75, 3.05) is 13.1 Å². The molecule has 5 nitrogen and oxygen atoms in total. The highest BCUT2D eigenvalue weighted by atomic mass is 16.2. The summed E-state index contributed by atoms with van der Waals surface area (Å²) in [4.78, 5) is 15.7. The Morgan fingerprint density at radius 1 is 1.73 bits per heavy atom. The highest BCUT2D eigenvalue weighted by Gasteiger charge is 2.17. The molecule has 1 aliphatic rings. The molecule has 0 aromatic carbocycles. The molecule has 0 aliphatic carbocycles. The van der Waals surface area contributed by atoms with Crippen molar-refractivity contribution in [2.45, 2.75) is 18.9 Å². The monoisotopic (exact) mass is 208 g/mol. The van der Waals surface area contributed by atoms with Crippen LogP contribution in [-0.4, -0.2) is 34.6 Å². The average molecular weight is 208 g/mol. The standard InChI is InChI=1S/C10H16N4O/c1-14-7-12-6-9(14)10(15)13-8-3-2-4-11-5-8/h6-8,11H,2-5H2,1H3,(H,13,15)/t8-/m1/s1. The third-order valence-electron chi connectivity index (χ3n) is 2.68. The van der Waals surface area contributed by atoms with Crippen molar-refractivity contribution in [3.8, 4) is 0 Å². The molecule has 2 heterocycles. The Morgan fingerprint density at radius 2 is 2.60 bits per heavy atom. The van der Waals surface area contributed by atoms with Gasteiger partial charge in [0.15, 0.2) is 0 Å². The van der Waals surface area contributed by atoms with Crippen LogP contribution in [0, 0.1) is 0 Å². The number of aryl methyl sites for hydroxylation is 1. The number of imidazole rings is 1. The predicted molar refractivity (Wildman–Crippen MR) is 56.6 cm³/mol. The fourth-order valence-corrected chi connectivity index (χ4v) is 1.81. The smallest absolute Gasteiger partial charge is 0.269 e. The molecule has 1 amide bonds. The molecule has 1 aromatic rings. The number of aromatic nitrogens is 2. The van der Waals surface area contributed by atoms with E-state index in [0.717, 1.165) is 25.9 Å². The quantitative estimate of drug-likeness (QED) is 0.713. The van der Waals surface area contributed by atoms with Gasteiger partial charge in [0.05, 0.1) is 12.5 Å². The van der Waals surface area contributed by atoms with E-state index in [0.29, 0.717) is 5.69 Å². The molecule has 1 aromatic heterocycles. The van der Waals surface area contributed by atoms with Crippen molar-refractivity contribution in [3.63, 3.8) is 0 Å². The number of piperidine rings is 1. The van der Waals surface area contributed by atoms with Crippen LogP contribution in [-0.2, 0) is 7.05 Å². The van der Waals surface area contributed by atoms with E-state index in [1.165, 1.54) is 0 Å². The van der Waals surface area contributed by atoms with Crippen molar-refractivity contribution >= 4 is 5.91 Å². The summed E-state index contributed by atoms with van der Waals surface area (Å²) in [5.74, 6) is -0.0382. The van der Waals surface area contributed by atoms with Crippen molar-refractivity contribution in [2.24, 2.45) is 7.05 Å². The maximum absolute atomic E-state index is 11.8. The van der Waals surface area contributed by atoms with Crippen LogP contribution in [0.2, 0.25) is 0 Å². The number of hydrogen-bond acceptors (Lipinski definition) is 3. The summed E-state index contributed by atoms with van der Waals surface area (Å²) >= 11 is 0. The topological polar surface area (TPSA) is 59.0 Å². The zero-order chi connectivity index (χ0) is 10.7. The average Bonchev–Trinajstić information content (AvgIpc) is 2.66. The molecule has 5 heteroatoms. The number of nitrogens with zero attached hydrogens (tertiary/aromatic N) is 2. The number of carbonyl (C=O) groups excluding carboxylic acids is 1. The second-order valence-corrected chi connectivity index (χ2v) is 3.91. The number of amides is 1. The first-order valence-corrected chi connectivity index (χ1v) is 5.25. The Bertz CT molecular complexity index is 341. The molecule has 0 bridgehead atoms. The zero-order valence-corrected chi connectivity index (χ0v) is 8.86. The molecule has 1 fully saturated rings. The maximum atomic E-state index is 11.8. The van der Waals surface area contributed by atoms with E-state index in [2.05, 4.69) is 15.6 Å². The molecular weight excluding hydrogens is 192 g/mol. The van der Waals surface area contributed by atoms with E-state index >= 15 is 0 Å². The van der Waals surface area contributed by atoms with E-state index in [-0.39, 0.29) is 11.9 Å². The minimum atomic E-state index is -0.0382. The summed E-state index contributed by atoms with van der Waals surface area (Å²) < 4.78 is 1.73. The van der Waals surface area contributed by atoms with Crippen LogP contribution in [0.5, 0.6) is 0 Å². The summed E-state index contributed by atoms with van der Waals surface area (Å²) in [6.45, 7) is 1.92. The van der Waals surface area contributed by atoms with Gasteiger partial charge in [-0.05, 0) is 19.4 Å². The van der Waals surface area contributed by atoms with Gasteiger partial charge in [-0.25, -0.2) is 4.98 Å². The molecule has 0 radical (unpaired) electrons. The highest BCUT2D eigenvalue weighted by molar-refractivity contribution is 5.92. The Hall–Kier alpha value is -1.36. The summed E-state index contributed by atoms with van der Waals surface area (Å²) in [5, 5.41) is 6.26. The Balaban J connectivity index is 1.94. The van der Waals surface area contributed by atoms with Crippen LogP contribution in [0.3, 0.4) is 0 Å². The van der Waals surface area contributed by atoms with Gasteiger partial charge in [-0.2, -0.15) is 0 Å². The second kappa shape index (κ2) is 4.44. The van der Waals surface area contributed by atoms with Gasteiger partial charge in [-0.3, -0.25) is 4.79 Å². The fourth-order valence-electron chi connectivity index (χ4n) is 1.81. The molecular formula is C10H16N4O. The van der Waals surface area contributed by atoms with Crippen LogP contribution in [0.1, 0.15) is 23.3 Å². The zero-order valence-electron chi connectivity index (χ0n) is 8.86. The van der Waals surface area contributed by atoms with Crippen molar-refractivity contribution in [3.05, 3.63) is 18.2 Å². The number of hydrogen-bond donors (Lipinski definition) is 2. The molecule has 2 rings (SSSR count). The molecule has 1 saturated heterocycles. The lowest BCUT2D eigenvalue weighted by molar-refractivity contribution is 0.0922. The van der Waals surface area contributed by atoms with E-state index in [9.17, 15) is 4.79 Å². The van der Waals surface area contributed by atoms with Crippen LogP contribution in [0.4, 0.5) is 0 Å². The molecule has 0 unspecified atom stereocenters. The molecule has 0 spiro atoms. The normalized spacial score (nSPS) is 21.3. The molecule has 0 saturated carbocycles. The van der Waals surface area contributed by atoms with Crippen LogP contribution in [0.25, 0.3) is 0 Å². The second-order valence-electron chi connectivity index (χ2n) is 3.91. The van der Waals surface area contributed by atoms with Gasteiger partial charge in [0.1, 0.15) is 5.69 Å². The first kappa shape index (κ1) is 10.2. The van der Waals surface area contributed by atoms with E-state index in [1.54, 1.807) is 17.1 Å². The van der Waals surface area contributed by atoms with Crippen molar-refractivity contribution in [1.82, 2.24) is 20.2 Å². The van der Waals surface area contributed by atoms with Gasteiger partial charge in [0.25, 0.3) is 5.91 Å². The van der Waals surface area contributed by atoms with E-state index < -0.39 is 0 Å². The van der Waals surface area contributed by atoms with Crippen molar-refractivity contribution in [1.29, 1.82) is 0 Å².